The summed E-state index contributed by atoms with van der Waals surface area (Å²) in [5, 5.41) is 0.618. The van der Waals surface area contributed by atoms with Crippen molar-refractivity contribution in [1.82, 2.24) is 9.80 Å². The monoisotopic (exact) mass is 476 g/mol. The van der Waals surface area contributed by atoms with Crippen molar-refractivity contribution in [3.63, 3.8) is 0 Å². The van der Waals surface area contributed by atoms with Crippen LogP contribution in [0.5, 0.6) is 0 Å². The highest BCUT2D eigenvalue weighted by molar-refractivity contribution is 6.30. The molecule has 2 N–H and O–H groups in total. The maximum atomic E-state index is 12.6. The Hall–Kier alpha value is -2.20. The third-order valence-electron chi connectivity index (χ3n) is 6.05. The molecule has 2 heterocycles. The van der Waals surface area contributed by atoms with E-state index in [1.165, 1.54) is 4.90 Å². The van der Waals surface area contributed by atoms with Crippen molar-refractivity contribution in [2.24, 2.45) is 11.7 Å². The van der Waals surface area contributed by atoms with E-state index in [1.54, 1.807) is 0 Å². The van der Waals surface area contributed by atoms with Crippen LogP contribution in [0.4, 0.5) is 23.7 Å². The molecule has 2 aliphatic rings. The normalized spacial score (nSPS) is 19.7. The maximum absolute atomic E-state index is 12.6. The molecule has 0 aromatic heterocycles. The summed E-state index contributed by atoms with van der Waals surface area (Å²) in [5.41, 5.74) is 7.50. The second kappa shape index (κ2) is 10.2. The molecule has 2 aliphatic heterocycles. The number of piperazine rings is 1. The lowest BCUT2D eigenvalue weighted by molar-refractivity contribution is -0.200. The van der Waals surface area contributed by atoms with Gasteiger partial charge in [-0.3, -0.25) is 9.69 Å². The molecule has 0 saturated carbocycles. The minimum Gasteiger partial charge on any atom is -0.437 e. The smallest absolute Gasteiger partial charge is 0.425 e. The zero-order valence-corrected chi connectivity index (χ0v) is 18.7. The van der Waals surface area contributed by atoms with Gasteiger partial charge in [-0.05, 0) is 37.5 Å². The molecule has 32 heavy (non-hydrogen) atoms. The number of rotatable bonds is 5. The van der Waals surface area contributed by atoms with Gasteiger partial charge in [-0.25, -0.2) is 4.79 Å². The molecule has 7 nitrogen and oxygen atoms in total. The Morgan fingerprint density at radius 1 is 1.16 bits per heavy atom. The fourth-order valence-corrected chi connectivity index (χ4v) is 4.16. The van der Waals surface area contributed by atoms with Gasteiger partial charge < -0.3 is 20.3 Å². The molecule has 0 bridgehead atoms. The highest BCUT2D eigenvalue weighted by Crippen LogP contribution is 2.30. The number of alkyl halides is 3. The van der Waals surface area contributed by atoms with E-state index in [0.29, 0.717) is 50.6 Å². The molecule has 1 unspecified atom stereocenters. The number of benzene rings is 1. The Balaban J connectivity index is 1.57. The lowest BCUT2D eigenvalue weighted by Crippen LogP contribution is -2.49. The average Bonchev–Trinajstić information content (AvgIpc) is 2.75. The SMILES string of the molecule is CC(OC(=O)N1CCN(Cc2ccc(Cl)cc2N2CCC(C(N)=O)CC2)CC1)C(F)(F)F. The van der Waals surface area contributed by atoms with Crippen LogP contribution >= 0.6 is 11.6 Å². The molecule has 0 radical (unpaired) electrons. The van der Waals surface area contributed by atoms with E-state index >= 15 is 0 Å². The molecule has 0 spiro atoms. The summed E-state index contributed by atoms with van der Waals surface area (Å²) in [7, 11) is 0. The van der Waals surface area contributed by atoms with Crippen LogP contribution in [-0.2, 0) is 16.1 Å². The largest absolute Gasteiger partial charge is 0.437 e. The van der Waals surface area contributed by atoms with Gasteiger partial charge in [0.2, 0.25) is 5.91 Å². The molecule has 0 aliphatic carbocycles. The first-order chi connectivity index (χ1) is 15.0. The van der Waals surface area contributed by atoms with Gasteiger partial charge in [0.05, 0.1) is 0 Å². The molecule has 178 valence electrons. The summed E-state index contributed by atoms with van der Waals surface area (Å²) in [5.74, 6) is -0.376. The number of ether oxygens (including phenoxy) is 1. The lowest BCUT2D eigenvalue weighted by atomic mass is 9.95. The van der Waals surface area contributed by atoms with Crippen molar-refractivity contribution in [2.45, 2.75) is 38.6 Å². The summed E-state index contributed by atoms with van der Waals surface area (Å²) in [4.78, 5) is 29.1. The van der Waals surface area contributed by atoms with Crippen LogP contribution in [0.25, 0.3) is 0 Å². The van der Waals surface area contributed by atoms with Crippen molar-refractivity contribution in [1.29, 1.82) is 0 Å². The summed E-state index contributed by atoms with van der Waals surface area (Å²) in [6.07, 6.45) is -6.27. The van der Waals surface area contributed by atoms with Gasteiger partial charge in [-0.1, -0.05) is 17.7 Å². The van der Waals surface area contributed by atoms with E-state index in [4.69, 9.17) is 17.3 Å². The van der Waals surface area contributed by atoms with Crippen LogP contribution in [0.3, 0.4) is 0 Å². The van der Waals surface area contributed by atoms with Crippen LogP contribution in [0.2, 0.25) is 5.02 Å². The van der Waals surface area contributed by atoms with Gasteiger partial charge >= 0.3 is 12.3 Å². The van der Waals surface area contributed by atoms with Crippen LogP contribution < -0.4 is 10.6 Å². The predicted octanol–water partition coefficient (Wildman–Crippen LogP) is 3.25. The third kappa shape index (κ3) is 6.19. The van der Waals surface area contributed by atoms with Crippen molar-refractivity contribution >= 4 is 29.3 Å². The molecule has 2 fully saturated rings. The van der Waals surface area contributed by atoms with Crippen LogP contribution in [0.1, 0.15) is 25.3 Å². The highest BCUT2D eigenvalue weighted by atomic mass is 35.5. The number of halogens is 4. The summed E-state index contributed by atoms with van der Waals surface area (Å²) in [6, 6.07) is 5.69. The molecular weight excluding hydrogens is 449 g/mol. The van der Waals surface area contributed by atoms with Crippen molar-refractivity contribution in [3.8, 4) is 0 Å². The van der Waals surface area contributed by atoms with Gasteiger partial charge in [0, 0.05) is 62.4 Å². The number of hydrogen-bond acceptors (Lipinski definition) is 5. The minimum atomic E-state index is -4.58. The van der Waals surface area contributed by atoms with Crippen molar-refractivity contribution in [3.05, 3.63) is 28.8 Å². The Kier molecular flexibility index (Phi) is 7.76. The van der Waals surface area contributed by atoms with E-state index in [-0.39, 0.29) is 24.9 Å². The van der Waals surface area contributed by atoms with Gasteiger partial charge in [0.25, 0.3) is 0 Å². The third-order valence-corrected chi connectivity index (χ3v) is 6.28. The number of nitrogens with zero attached hydrogens (tertiary/aromatic N) is 3. The fraction of sp³-hybridized carbons (Fsp3) is 0.619. The molecule has 1 atom stereocenters. The predicted molar refractivity (Wildman–Crippen MR) is 114 cm³/mol. The van der Waals surface area contributed by atoms with Gasteiger partial charge in [0.15, 0.2) is 6.10 Å². The van der Waals surface area contributed by atoms with Crippen LogP contribution in [0, 0.1) is 5.92 Å². The minimum absolute atomic E-state index is 0.109. The van der Waals surface area contributed by atoms with Crippen LogP contribution in [-0.4, -0.2) is 73.3 Å². The first kappa shape index (κ1) is 24.4. The van der Waals surface area contributed by atoms with Gasteiger partial charge in [0.1, 0.15) is 0 Å². The first-order valence-electron chi connectivity index (χ1n) is 10.6. The van der Waals surface area contributed by atoms with E-state index in [2.05, 4.69) is 14.5 Å². The summed E-state index contributed by atoms with van der Waals surface area (Å²) in [6.45, 7) is 4.46. The Morgan fingerprint density at radius 3 is 2.34 bits per heavy atom. The van der Waals surface area contributed by atoms with Crippen molar-refractivity contribution in [2.75, 3.05) is 44.2 Å². The van der Waals surface area contributed by atoms with Gasteiger partial charge in [-0.15, -0.1) is 0 Å². The number of anilines is 1. The van der Waals surface area contributed by atoms with Crippen molar-refractivity contribution < 1.29 is 27.5 Å². The van der Waals surface area contributed by atoms with Crippen LogP contribution in [0.15, 0.2) is 18.2 Å². The summed E-state index contributed by atoms with van der Waals surface area (Å²) < 4.78 is 42.4. The topological polar surface area (TPSA) is 79.1 Å². The van der Waals surface area contributed by atoms with E-state index in [9.17, 15) is 22.8 Å². The molecule has 1 aromatic carbocycles. The number of primary amides is 1. The first-order valence-corrected chi connectivity index (χ1v) is 11.0. The number of hydrogen-bond donors (Lipinski definition) is 1. The summed E-state index contributed by atoms with van der Waals surface area (Å²) >= 11 is 6.23. The number of carbonyl (C=O) groups is 2. The molecule has 3 rings (SSSR count). The van der Waals surface area contributed by atoms with Gasteiger partial charge in [-0.2, -0.15) is 13.2 Å². The molecule has 2 saturated heterocycles. The average molecular weight is 477 g/mol. The Labute approximate surface area is 190 Å². The van der Waals surface area contributed by atoms with E-state index in [0.717, 1.165) is 18.2 Å². The number of amides is 2. The second-order valence-corrected chi connectivity index (χ2v) is 8.70. The van der Waals surface area contributed by atoms with E-state index in [1.807, 2.05) is 18.2 Å². The highest BCUT2D eigenvalue weighted by Gasteiger charge is 2.40. The zero-order chi connectivity index (χ0) is 23.5. The zero-order valence-electron chi connectivity index (χ0n) is 17.9. The lowest BCUT2D eigenvalue weighted by Gasteiger charge is -2.37. The molecule has 2 amide bonds. The number of piperidine rings is 1. The maximum Gasteiger partial charge on any atom is 0.425 e. The quantitative estimate of drug-likeness (QED) is 0.705. The molecular formula is C21H28ClF3N4O3. The molecule has 1 aromatic rings. The standard InChI is InChI=1S/C21H28ClF3N4O3/c1-14(21(23,24)25)32-20(31)29-10-8-27(9-11-29)13-16-2-3-17(22)12-18(16)28-6-4-15(5-7-28)19(26)30/h2-3,12,14-15H,4-11,13H2,1H3,(H2,26,30). The second-order valence-electron chi connectivity index (χ2n) is 8.27. The fourth-order valence-electron chi connectivity index (χ4n) is 3.99. The molecule has 11 heteroatoms. The van der Waals surface area contributed by atoms with E-state index < -0.39 is 18.4 Å². The number of carbonyl (C=O) groups excluding carboxylic acids is 2. The Morgan fingerprint density at radius 2 is 1.78 bits per heavy atom. The Bertz CT molecular complexity index is 823. The number of nitrogens with two attached hydrogens (primary N) is 1.